The predicted molar refractivity (Wildman–Crippen MR) is 318 cm³/mol. The van der Waals surface area contributed by atoms with Crippen molar-refractivity contribution < 1.29 is 0 Å². The van der Waals surface area contributed by atoms with Crippen molar-refractivity contribution in [1.29, 1.82) is 0 Å². The van der Waals surface area contributed by atoms with Crippen molar-refractivity contribution in [2.24, 2.45) is 0 Å². The zero-order valence-corrected chi connectivity index (χ0v) is 41.8. The number of benzene rings is 12. The van der Waals surface area contributed by atoms with Crippen molar-refractivity contribution >= 4 is 55.9 Å². The van der Waals surface area contributed by atoms with Gasteiger partial charge >= 0.3 is 0 Å². The highest BCUT2D eigenvalue weighted by Gasteiger charge is 2.46. The topological polar surface area (TPSA) is 11.4 Å². The Morgan fingerprint density at radius 3 is 1.43 bits per heavy atom. The first-order chi connectivity index (χ1) is 37.7. The summed E-state index contributed by atoms with van der Waals surface area (Å²) in [6, 6.07) is 113. The molecule has 1 aliphatic rings. The Bertz CT molecular complexity index is 4120. The third-order valence-electron chi connectivity index (χ3n) is 15.4. The summed E-state index contributed by atoms with van der Waals surface area (Å²) in [5.41, 5.74) is 21.2. The van der Waals surface area contributed by atoms with Crippen LogP contribution >= 0.6 is 0 Å². The molecule has 0 bridgehead atoms. The van der Waals surface area contributed by atoms with Gasteiger partial charge in [0.15, 0.2) is 0 Å². The van der Waals surface area contributed by atoms with E-state index in [0.717, 1.165) is 72.9 Å². The highest BCUT2D eigenvalue weighted by molar-refractivity contribution is 6.18. The van der Waals surface area contributed by atoms with Crippen LogP contribution in [0.5, 0.6) is 0 Å². The van der Waals surface area contributed by atoms with E-state index in [1.54, 1.807) is 0 Å². The van der Waals surface area contributed by atoms with Gasteiger partial charge in [-0.15, -0.1) is 0 Å². The largest absolute Gasteiger partial charge is 0.310 e. The quantitative estimate of drug-likeness (QED) is 0.128. The fraction of sp³-hybridized carbons (Fsp3) is 0.0137. The van der Waals surface area contributed by atoms with E-state index < -0.39 is 5.41 Å². The molecule has 76 heavy (non-hydrogen) atoms. The zero-order valence-electron chi connectivity index (χ0n) is 41.8. The number of hydrogen-bond acceptors (Lipinski definition) is 2. The van der Waals surface area contributed by atoms with Gasteiger partial charge in [-0.05, 0) is 129 Å². The van der Waals surface area contributed by atoms with Crippen LogP contribution in [-0.4, -0.2) is 4.57 Å². The summed E-state index contributed by atoms with van der Waals surface area (Å²) in [5, 5.41) is 2.34. The van der Waals surface area contributed by atoms with Crippen molar-refractivity contribution in [3.63, 3.8) is 0 Å². The van der Waals surface area contributed by atoms with Crippen LogP contribution in [0.25, 0.3) is 60.9 Å². The van der Waals surface area contributed by atoms with Gasteiger partial charge in [0.25, 0.3) is 0 Å². The Morgan fingerprint density at radius 1 is 0.276 bits per heavy atom. The number of fused-ring (bicyclic) bond motifs is 6. The van der Waals surface area contributed by atoms with Crippen LogP contribution in [0.2, 0.25) is 0 Å². The van der Waals surface area contributed by atoms with Gasteiger partial charge in [0, 0.05) is 39.1 Å². The monoisotopic (exact) mass is 969 g/mol. The van der Waals surface area contributed by atoms with Crippen LogP contribution in [0, 0.1) is 0 Å². The van der Waals surface area contributed by atoms with Crippen LogP contribution in [0.15, 0.2) is 309 Å². The summed E-state index contributed by atoms with van der Waals surface area (Å²) < 4.78 is 2.45. The first-order valence-corrected chi connectivity index (χ1v) is 26.2. The first kappa shape index (κ1) is 44.7. The minimum absolute atomic E-state index is 0.543. The molecule has 0 radical (unpaired) electrons. The molecule has 1 aliphatic carbocycles. The maximum absolute atomic E-state index is 2.52. The SMILES string of the molecule is c1ccc(-c2ccc(N(c3ccc4c(c3)-c3ccccc3C4(c3ccccc3)c3ccccc3)c3cc(N(c4ccccc4)c4ccccc4)c4c5ccccc5n(-c5ccccc5)c4c3)c(-c3ccccc3)c2)cc1. The fourth-order valence-corrected chi connectivity index (χ4v) is 12.2. The lowest BCUT2D eigenvalue weighted by Gasteiger charge is -2.34. The lowest BCUT2D eigenvalue weighted by Crippen LogP contribution is -2.28. The third kappa shape index (κ3) is 7.35. The van der Waals surface area contributed by atoms with Gasteiger partial charge in [-0.25, -0.2) is 0 Å². The summed E-state index contributed by atoms with van der Waals surface area (Å²) in [4.78, 5) is 4.96. The molecule has 12 aromatic carbocycles. The molecule has 0 unspecified atom stereocenters. The number of hydrogen-bond donors (Lipinski definition) is 0. The van der Waals surface area contributed by atoms with E-state index in [2.05, 4.69) is 324 Å². The standard InChI is InChI=1S/C73H51N3/c1-8-26-52(27-9-1)54-44-47-69(64(48-54)53-28-10-2-11-29-53)75(60-45-46-67-65(49-60)62-40-22-24-42-66(62)73(67,55-30-12-3-13-31-55)56-32-14-4-15-33-56)61-50-70(74(57-34-16-5-17-35-57)58-36-18-6-19-37-58)72-63-41-23-25-43-68(63)76(71(72)51-61)59-38-20-7-21-39-59/h1-51H. The molecule has 0 fully saturated rings. The van der Waals surface area contributed by atoms with Crippen molar-refractivity contribution in [3.05, 3.63) is 332 Å². The molecule has 0 saturated heterocycles. The molecule has 358 valence electrons. The number of nitrogens with zero attached hydrogens (tertiary/aromatic N) is 3. The number of aromatic nitrogens is 1. The second-order valence-corrected chi connectivity index (χ2v) is 19.6. The van der Waals surface area contributed by atoms with Crippen molar-refractivity contribution in [3.8, 4) is 39.1 Å². The van der Waals surface area contributed by atoms with Gasteiger partial charge in [-0.3, -0.25) is 0 Å². The molecule has 0 aliphatic heterocycles. The number of anilines is 6. The Morgan fingerprint density at radius 2 is 0.789 bits per heavy atom. The van der Waals surface area contributed by atoms with Gasteiger partial charge < -0.3 is 14.4 Å². The predicted octanol–water partition coefficient (Wildman–Crippen LogP) is 19.4. The third-order valence-corrected chi connectivity index (χ3v) is 15.4. The normalized spacial score (nSPS) is 12.3. The second-order valence-electron chi connectivity index (χ2n) is 19.6. The molecular formula is C73H51N3. The highest BCUT2D eigenvalue weighted by atomic mass is 15.2. The lowest BCUT2D eigenvalue weighted by molar-refractivity contribution is 0.768. The van der Waals surface area contributed by atoms with Crippen LogP contribution in [0.4, 0.5) is 34.1 Å². The molecule has 13 aromatic rings. The Balaban J connectivity index is 1.12. The molecule has 0 spiro atoms. The molecule has 1 heterocycles. The number of rotatable bonds is 11. The van der Waals surface area contributed by atoms with Crippen LogP contribution < -0.4 is 9.80 Å². The average molecular weight is 970 g/mol. The maximum atomic E-state index is 2.52. The van der Waals surface area contributed by atoms with E-state index in [0.29, 0.717) is 0 Å². The van der Waals surface area contributed by atoms with Gasteiger partial charge in [0.1, 0.15) is 0 Å². The average Bonchev–Trinajstić information content (AvgIpc) is 4.21. The second kappa shape index (κ2) is 18.8. The van der Waals surface area contributed by atoms with Gasteiger partial charge in [-0.1, -0.05) is 231 Å². The molecule has 1 aromatic heterocycles. The molecule has 0 saturated carbocycles. The lowest BCUT2D eigenvalue weighted by atomic mass is 9.68. The van der Waals surface area contributed by atoms with Gasteiger partial charge in [0.05, 0.1) is 33.5 Å². The Kier molecular flexibility index (Phi) is 11.1. The van der Waals surface area contributed by atoms with Crippen LogP contribution in [0.1, 0.15) is 22.3 Å². The van der Waals surface area contributed by atoms with E-state index in [1.165, 1.54) is 44.3 Å². The van der Waals surface area contributed by atoms with E-state index in [-0.39, 0.29) is 0 Å². The van der Waals surface area contributed by atoms with Crippen LogP contribution in [-0.2, 0) is 5.41 Å². The van der Waals surface area contributed by atoms with E-state index in [1.807, 2.05) is 0 Å². The minimum atomic E-state index is -0.543. The highest BCUT2D eigenvalue weighted by Crippen LogP contribution is 2.58. The van der Waals surface area contributed by atoms with Crippen LogP contribution in [0.3, 0.4) is 0 Å². The summed E-state index contributed by atoms with van der Waals surface area (Å²) in [6.07, 6.45) is 0. The maximum Gasteiger partial charge on any atom is 0.0713 e. The van der Waals surface area contributed by atoms with Gasteiger partial charge in [-0.2, -0.15) is 0 Å². The minimum Gasteiger partial charge on any atom is -0.310 e. The number of para-hydroxylation sites is 4. The molecule has 14 rings (SSSR count). The zero-order chi connectivity index (χ0) is 50.4. The van der Waals surface area contributed by atoms with Crippen molar-refractivity contribution in [1.82, 2.24) is 4.57 Å². The summed E-state index contributed by atoms with van der Waals surface area (Å²) in [5.74, 6) is 0. The summed E-state index contributed by atoms with van der Waals surface area (Å²) in [7, 11) is 0. The molecule has 0 atom stereocenters. The van der Waals surface area contributed by atoms with Crippen molar-refractivity contribution in [2.45, 2.75) is 5.41 Å². The summed E-state index contributed by atoms with van der Waals surface area (Å²) >= 11 is 0. The summed E-state index contributed by atoms with van der Waals surface area (Å²) in [6.45, 7) is 0. The van der Waals surface area contributed by atoms with E-state index in [4.69, 9.17) is 0 Å². The molecular weight excluding hydrogens is 919 g/mol. The fourth-order valence-electron chi connectivity index (χ4n) is 12.2. The van der Waals surface area contributed by atoms with E-state index >= 15 is 0 Å². The smallest absolute Gasteiger partial charge is 0.0713 e. The molecule has 3 heteroatoms. The van der Waals surface area contributed by atoms with Gasteiger partial charge in [0.2, 0.25) is 0 Å². The molecule has 0 amide bonds. The first-order valence-electron chi connectivity index (χ1n) is 26.2. The Labute approximate surface area is 444 Å². The Hall–Kier alpha value is -9.96. The molecule has 0 N–H and O–H groups in total. The molecule has 3 nitrogen and oxygen atoms in total. The van der Waals surface area contributed by atoms with E-state index in [9.17, 15) is 0 Å². The van der Waals surface area contributed by atoms with Crippen molar-refractivity contribution in [2.75, 3.05) is 9.80 Å².